The van der Waals surface area contributed by atoms with Gasteiger partial charge in [0, 0.05) is 44.1 Å². The lowest BCUT2D eigenvalue weighted by molar-refractivity contribution is -0.870. The van der Waals surface area contributed by atoms with Crippen LogP contribution in [0.1, 0.15) is 35.9 Å². The molecule has 4 aromatic rings. The zero-order valence-corrected chi connectivity index (χ0v) is 20.9. The first-order valence-corrected chi connectivity index (χ1v) is 12.8. The van der Waals surface area contributed by atoms with Crippen molar-refractivity contribution in [2.24, 2.45) is 7.05 Å². The Bertz CT molecular complexity index is 1160. The third-order valence-corrected chi connectivity index (χ3v) is 7.88. The van der Waals surface area contributed by atoms with Crippen molar-refractivity contribution >= 4 is 33.7 Å². The van der Waals surface area contributed by atoms with Gasteiger partial charge in [0.2, 0.25) is 0 Å². The molecule has 3 aromatic heterocycles. The van der Waals surface area contributed by atoms with Crippen molar-refractivity contribution in [3.8, 4) is 20.9 Å². The van der Waals surface area contributed by atoms with Gasteiger partial charge >= 0.3 is 0 Å². The molecule has 0 aliphatic heterocycles. The number of hydrogen-bond acceptors (Lipinski definition) is 4. The second-order valence-electron chi connectivity index (χ2n) is 9.30. The molecule has 0 fully saturated rings. The van der Waals surface area contributed by atoms with Crippen LogP contribution in [0.15, 0.2) is 36.4 Å². The topological polar surface area (TPSA) is 30.7 Å². The number of rotatable bonds is 9. The normalized spacial score (nSPS) is 12.2. The molecular weight excluding hydrogens is 420 g/mol. The third-order valence-electron chi connectivity index (χ3n) is 5.52. The van der Waals surface area contributed by atoms with E-state index in [1.807, 2.05) is 29.7 Å². The maximum Gasteiger partial charge on any atom is 0.122 e. The van der Waals surface area contributed by atoms with Crippen LogP contribution in [-0.2, 0) is 19.9 Å². The highest BCUT2D eigenvalue weighted by Gasteiger charge is 2.17. The lowest BCUT2D eigenvalue weighted by atomic mass is 10.1. The van der Waals surface area contributed by atoms with Gasteiger partial charge in [-0.25, -0.2) is 0 Å². The van der Waals surface area contributed by atoms with Gasteiger partial charge in [0.15, 0.2) is 0 Å². The van der Waals surface area contributed by atoms with Gasteiger partial charge in [-0.05, 0) is 43.5 Å². The van der Waals surface area contributed by atoms with E-state index in [0.717, 1.165) is 28.4 Å². The lowest BCUT2D eigenvalue weighted by Crippen LogP contribution is -2.35. The first kappa shape index (κ1) is 22.2. The molecule has 0 amide bonds. The molecule has 1 aromatic carbocycles. The first-order chi connectivity index (χ1) is 14.8. The molecule has 31 heavy (non-hydrogen) atoms. The number of unbranched alkanes of at least 4 members (excludes halogenated alkanes) is 1. The summed E-state index contributed by atoms with van der Waals surface area (Å²) in [7, 11) is 8.69. The van der Waals surface area contributed by atoms with E-state index < -0.39 is 0 Å². The molecule has 6 heteroatoms. The Kier molecular flexibility index (Phi) is 6.60. The number of nitrogens with zero attached hydrogens (tertiary/aromatic N) is 4. The van der Waals surface area contributed by atoms with E-state index in [1.54, 1.807) is 4.80 Å². The molecule has 0 N–H and O–H groups in total. The van der Waals surface area contributed by atoms with Gasteiger partial charge in [-0.15, -0.1) is 22.7 Å². The Morgan fingerprint density at radius 3 is 1.77 bits per heavy atom. The van der Waals surface area contributed by atoms with Gasteiger partial charge in [0.1, 0.15) is 11.0 Å². The average Bonchev–Trinajstić information content (AvgIpc) is 3.43. The largest absolute Gasteiger partial charge is 0.331 e. The van der Waals surface area contributed by atoms with Gasteiger partial charge in [-0.3, -0.25) is 0 Å². The summed E-state index contributed by atoms with van der Waals surface area (Å²) in [6.45, 7) is 3.44. The minimum atomic E-state index is 1.00. The zero-order valence-electron chi connectivity index (χ0n) is 19.3. The second kappa shape index (κ2) is 9.23. The molecule has 3 heterocycles. The molecule has 4 nitrogen and oxygen atoms in total. The fraction of sp³-hybridized carbons (Fsp3) is 0.440. The number of aryl methyl sites for hydroxylation is 3. The Labute approximate surface area is 193 Å². The highest BCUT2D eigenvalue weighted by atomic mass is 32.1. The van der Waals surface area contributed by atoms with Crippen molar-refractivity contribution in [2.75, 3.05) is 27.7 Å². The van der Waals surface area contributed by atoms with E-state index >= 15 is 0 Å². The van der Waals surface area contributed by atoms with Gasteiger partial charge in [0.05, 0.1) is 27.7 Å². The molecule has 0 radical (unpaired) electrons. The van der Waals surface area contributed by atoms with Crippen LogP contribution in [0.25, 0.3) is 31.9 Å². The van der Waals surface area contributed by atoms with Crippen LogP contribution < -0.4 is 0 Å². The average molecular weight is 454 g/mol. The molecule has 0 bridgehead atoms. The second-order valence-corrected chi connectivity index (χ2v) is 11.6. The highest BCUT2D eigenvalue weighted by Crippen LogP contribution is 2.39. The van der Waals surface area contributed by atoms with Crippen LogP contribution in [0.2, 0.25) is 0 Å². The molecule has 0 aliphatic carbocycles. The number of quaternary nitrogens is 1. The molecule has 0 aliphatic rings. The van der Waals surface area contributed by atoms with E-state index in [2.05, 4.69) is 64.5 Å². The molecule has 0 atom stereocenters. The number of benzene rings is 1. The number of fused-ring (bicyclic) bond motifs is 1. The summed E-state index contributed by atoms with van der Waals surface area (Å²) in [6, 6.07) is 13.5. The van der Waals surface area contributed by atoms with Crippen LogP contribution in [0.4, 0.5) is 0 Å². The quantitative estimate of drug-likeness (QED) is 0.274. The van der Waals surface area contributed by atoms with Gasteiger partial charge in [-0.1, -0.05) is 25.5 Å². The maximum absolute atomic E-state index is 4.75. The number of thiophene rings is 2. The van der Waals surface area contributed by atoms with E-state index in [1.165, 1.54) is 56.4 Å². The standard InChI is InChI=1S/C25H33N4S2/c1-6-7-9-18-11-15-22(30-18)20-13-14-21(25-24(20)26-28(2)27-25)23-16-12-19(31-23)10-8-17-29(3,4)5/h11-16H,6-10,17H2,1-5H3/q+1. The summed E-state index contributed by atoms with van der Waals surface area (Å²) < 4.78 is 1.02. The lowest BCUT2D eigenvalue weighted by Gasteiger charge is -2.23. The van der Waals surface area contributed by atoms with Crippen molar-refractivity contribution in [3.63, 3.8) is 0 Å². The summed E-state index contributed by atoms with van der Waals surface area (Å²) in [5.41, 5.74) is 4.39. The van der Waals surface area contributed by atoms with Crippen molar-refractivity contribution in [2.45, 2.75) is 39.0 Å². The van der Waals surface area contributed by atoms with Crippen molar-refractivity contribution < 1.29 is 4.48 Å². The van der Waals surface area contributed by atoms with Crippen molar-refractivity contribution in [1.82, 2.24) is 15.0 Å². The van der Waals surface area contributed by atoms with Gasteiger partial charge in [0.25, 0.3) is 0 Å². The SMILES string of the molecule is CCCCc1ccc(-c2ccc(-c3ccc(CCC[N+](C)(C)C)s3)c3nn(C)nc23)s1. The van der Waals surface area contributed by atoms with Gasteiger partial charge in [-0.2, -0.15) is 15.0 Å². The van der Waals surface area contributed by atoms with Crippen LogP contribution in [0, 0.1) is 0 Å². The van der Waals surface area contributed by atoms with Crippen LogP contribution >= 0.6 is 22.7 Å². The fourth-order valence-corrected chi connectivity index (χ4v) is 6.04. The summed E-state index contributed by atoms with van der Waals surface area (Å²) >= 11 is 3.79. The minimum Gasteiger partial charge on any atom is -0.331 e. The summed E-state index contributed by atoms with van der Waals surface area (Å²) in [5.74, 6) is 0. The fourth-order valence-electron chi connectivity index (χ4n) is 3.88. The molecule has 0 saturated carbocycles. The molecule has 0 saturated heterocycles. The smallest absolute Gasteiger partial charge is 0.122 e. The monoisotopic (exact) mass is 453 g/mol. The number of aromatic nitrogens is 3. The van der Waals surface area contributed by atoms with Crippen LogP contribution in [0.5, 0.6) is 0 Å². The van der Waals surface area contributed by atoms with Gasteiger partial charge < -0.3 is 4.48 Å². The van der Waals surface area contributed by atoms with Crippen molar-refractivity contribution in [1.29, 1.82) is 0 Å². The Balaban J connectivity index is 1.62. The predicted octanol–water partition coefficient (Wildman–Crippen LogP) is 6.41. The Morgan fingerprint density at radius 1 is 0.774 bits per heavy atom. The molecule has 164 valence electrons. The van der Waals surface area contributed by atoms with E-state index in [4.69, 9.17) is 10.2 Å². The predicted molar refractivity (Wildman–Crippen MR) is 135 cm³/mol. The van der Waals surface area contributed by atoms with E-state index in [-0.39, 0.29) is 0 Å². The first-order valence-electron chi connectivity index (χ1n) is 11.2. The van der Waals surface area contributed by atoms with E-state index in [0.29, 0.717) is 0 Å². The molecule has 4 rings (SSSR count). The summed E-state index contributed by atoms with van der Waals surface area (Å²) in [4.78, 5) is 7.18. The molecular formula is C25H33N4S2+. The minimum absolute atomic E-state index is 1.00. The Hall–Kier alpha value is -2.02. The molecule has 0 spiro atoms. The number of hydrogen-bond donors (Lipinski definition) is 0. The van der Waals surface area contributed by atoms with E-state index in [9.17, 15) is 0 Å². The van der Waals surface area contributed by atoms with Crippen LogP contribution in [0.3, 0.4) is 0 Å². The zero-order chi connectivity index (χ0) is 22.0. The highest BCUT2D eigenvalue weighted by molar-refractivity contribution is 7.16. The summed E-state index contributed by atoms with van der Waals surface area (Å²) in [5, 5.41) is 9.50. The third kappa shape index (κ3) is 5.25. The summed E-state index contributed by atoms with van der Waals surface area (Å²) in [6.07, 6.45) is 5.98. The maximum atomic E-state index is 4.75. The molecule has 0 unspecified atom stereocenters. The van der Waals surface area contributed by atoms with Crippen molar-refractivity contribution in [3.05, 3.63) is 46.2 Å². The Morgan fingerprint density at radius 2 is 1.29 bits per heavy atom. The van der Waals surface area contributed by atoms with Crippen LogP contribution in [-0.4, -0.2) is 47.2 Å².